The standard InChI is InChI=1S/2Ca.H2O4S.2H/c;;1-5(2,3)4;;/h;;(H2,1,2,3,4);;/q;+2;;;/p-2. The Kier molecular flexibility index (Phi) is 15.1. The molecule has 0 amide bonds. The molecule has 0 aromatic heterocycles. The molecule has 0 N–H and O–H groups in total. The summed E-state index contributed by atoms with van der Waals surface area (Å²) in [7, 11) is -5.17. The van der Waals surface area contributed by atoms with E-state index in [1.807, 2.05) is 0 Å². The average molecular weight is 178 g/mol. The summed E-state index contributed by atoms with van der Waals surface area (Å²) >= 11 is 0. The van der Waals surface area contributed by atoms with Crippen LogP contribution in [0.25, 0.3) is 0 Å². The van der Waals surface area contributed by atoms with E-state index in [1.165, 1.54) is 0 Å². The van der Waals surface area contributed by atoms with Crippen LogP contribution in [-0.4, -0.2) is 93.0 Å². The van der Waals surface area contributed by atoms with Crippen LogP contribution in [0.15, 0.2) is 0 Å². The molecule has 0 aromatic rings. The molecule has 36 valence electrons. The van der Waals surface area contributed by atoms with Crippen LogP contribution in [0, 0.1) is 0 Å². The Balaban J connectivity index is -0.0000000800. The molecular weight excluding hydrogens is 176 g/mol. The van der Waals surface area contributed by atoms with Gasteiger partial charge in [0.15, 0.2) is 0 Å². The summed E-state index contributed by atoms with van der Waals surface area (Å²) in [5.41, 5.74) is 0. The summed E-state index contributed by atoms with van der Waals surface area (Å²) in [6.07, 6.45) is 0. The van der Waals surface area contributed by atoms with Gasteiger partial charge in [-0.1, -0.05) is 0 Å². The van der Waals surface area contributed by atoms with Gasteiger partial charge in [-0.3, -0.25) is 8.42 Å². The van der Waals surface area contributed by atoms with E-state index in [-0.39, 0.29) is 75.5 Å². The van der Waals surface area contributed by atoms with Crippen molar-refractivity contribution in [3.8, 4) is 0 Å². The molecule has 0 saturated heterocycles. The van der Waals surface area contributed by atoms with Gasteiger partial charge in [-0.25, -0.2) is 0 Å². The molecule has 0 bridgehead atoms. The molecule has 0 aromatic carbocycles. The van der Waals surface area contributed by atoms with Crippen molar-refractivity contribution in [3.05, 3.63) is 0 Å². The fraction of sp³-hybridized carbons (Fsp3) is 0. The van der Waals surface area contributed by atoms with E-state index in [4.69, 9.17) is 17.5 Å². The molecule has 0 heterocycles. The molecule has 7 heteroatoms. The summed E-state index contributed by atoms with van der Waals surface area (Å²) in [5.74, 6) is 0. The predicted molar refractivity (Wildman–Crippen MR) is 24.8 cm³/mol. The molecule has 0 saturated carbocycles. The number of rotatable bonds is 0. The zero-order valence-corrected chi connectivity index (χ0v) is 5.77. The molecule has 0 atom stereocenters. The Labute approximate surface area is 101 Å². The molecule has 7 heavy (non-hydrogen) atoms. The van der Waals surface area contributed by atoms with Crippen LogP contribution >= 0.6 is 0 Å². The Hall–Kier alpha value is 2.39. The van der Waals surface area contributed by atoms with E-state index in [0.29, 0.717) is 0 Å². The summed E-state index contributed by atoms with van der Waals surface area (Å²) in [6, 6.07) is 0. The first-order chi connectivity index (χ1) is 2.00. The van der Waals surface area contributed by atoms with E-state index >= 15 is 0 Å². The Bertz CT molecular complexity index is 92.9. The molecule has 4 nitrogen and oxygen atoms in total. The zero-order chi connectivity index (χ0) is 4.50. The molecular formula is H2Ca2O4S. The van der Waals surface area contributed by atoms with Crippen molar-refractivity contribution < 1.29 is 17.5 Å². The topological polar surface area (TPSA) is 80.3 Å². The summed E-state index contributed by atoms with van der Waals surface area (Å²) in [4.78, 5) is 0. The van der Waals surface area contributed by atoms with Crippen LogP contribution in [0.4, 0.5) is 0 Å². The van der Waals surface area contributed by atoms with Crippen LogP contribution in [0.3, 0.4) is 0 Å². The third-order valence-electron chi connectivity index (χ3n) is 0. The number of hydrogen-bond donors (Lipinski definition) is 0. The van der Waals surface area contributed by atoms with E-state index in [2.05, 4.69) is 0 Å². The fourth-order valence-corrected chi connectivity index (χ4v) is 0. The SMILES string of the molecule is O=S(=O)([O-])[O-].[Ca+2].[CaH2]. The Morgan fingerprint density at radius 2 is 1.14 bits per heavy atom. The van der Waals surface area contributed by atoms with Gasteiger partial charge >= 0.3 is 75.5 Å². The number of hydrogen-bond acceptors (Lipinski definition) is 4. The van der Waals surface area contributed by atoms with E-state index in [9.17, 15) is 0 Å². The minimum atomic E-state index is -5.17. The van der Waals surface area contributed by atoms with E-state index in [1.54, 1.807) is 0 Å². The summed E-state index contributed by atoms with van der Waals surface area (Å²) in [6.45, 7) is 0. The molecule has 0 unspecified atom stereocenters. The monoisotopic (exact) mass is 178 g/mol. The fourth-order valence-electron chi connectivity index (χ4n) is 0. The van der Waals surface area contributed by atoms with Crippen molar-refractivity contribution in [1.82, 2.24) is 0 Å². The third kappa shape index (κ3) is 60.0. The maximum atomic E-state index is 8.52. The molecule has 0 fully saturated rings. The first-order valence-electron chi connectivity index (χ1n) is 0.667. The summed E-state index contributed by atoms with van der Waals surface area (Å²) < 4.78 is 34.1. The van der Waals surface area contributed by atoms with Crippen LogP contribution < -0.4 is 0 Å². The van der Waals surface area contributed by atoms with Gasteiger partial charge in [0.2, 0.25) is 0 Å². The van der Waals surface area contributed by atoms with Gasteiger partial charge in [-0.2, -0.15) is 0 Å². The van der Waals surface area contributed by atoms with Crippen molar-refractivity contribution in [2.24, 2.45) is 0 Å². The third-order valence-corrected chi connectivity index (χ3v) is 0. The van der Waals surface area contributed by atoms with Crippen molar-refractivity contribution in [2.75, 3.05) is 0 Å². The Morgan fingerprint density at radius 3 is 1.14 bits per heavy atom. The van der Waals surface area contributed by atoms with Gasteiger partial charge in [-0.05, 0) is 0 Å². The van der Waals surface area contributed by atoms with Gasteiger partial charge < -0.3 is 9.11 Å². The summed E-state index contributed by atoms with van der Waals surface area (Å²) in [5, 5.41) is 0. The van der Waals surface area contributed by atoms with Crippen molar-refractivity contribution in [3.63, 3.8) is 0 Å². The average Bonchev–Trinajstić information content (AvgIpc) is 0.722. The van der Waals surface area contributed by atoms with E-state index < -0.39 is 10.4 Å². The van der Waals surface area contributed by atoms with Crippen molar-refractivity contribution in [2.45, 2.75) is 0 Å². The Morgan fingerprint density at radius 1 is 1.14 bits per heavy atom. The minimum absolute atomic E-state index is 0. The second-order valence-electron chi connectivity index (χ2n) is 0.408. The van der Waals surface area contributed by atoms with Crippen LogP contribution in [-0.2, 0) is 10.4 Å². The van der Waals surface area contributed by atoms with Crippen LogP contribution in [0.5, 0.6) is 0 Å². The van der Waals surface area contributed by atoms with Crippen molar-refractivity contribution in [1.29, 1.82) is 0 Å². The van der Waals surface area contributed by atoms with Gasteiger partial charge in [0.25, 0.3) is 0 Å². The zero-order valence-electron chi connectivity index (χ0n) is 2.75. The molecule has 0 spiro atoms. The molecule has 0 rings (SSSR count). The first kappa shape index (κ1) is 16.2. The molecule has 0 aliphatic carbocycles. The van der Waals surface area contributed by atoms with Crippen molar-refractivity contribution >= 4 is 85.9 Å². The molecule has 0 radical (unpaired) electrons. The predicted octanol–water partition coefficient (Wildman–Crippen LogP) is -2.63. The second kappa shape index (κ2) is 6.51. The van der Waals surface area contributed by atoms with Gasteiger partial charge in [-0.15, -0.1) is 0 Å². The van der Waals surface area contributed by atoms with Gasteiger partial charge in [0.1, 0.15) is 0 Å². The molecule has 0 aliphatic heterocycles. The quantitative estimate of drug-likeness (QED) is 0.231. The van der Waals surface area contributed by atoms with Crippen LogP contribution in [0.1, 0.15) is 0 Å². The second-order valence-corrected chi connectivity index (χ2v) is 1.22. The van der Waals surface area contributed by atoms with Gasteiger partial charge in [0.05, 0.1) is 0 Å². The van der Waals surface area contributed by atoms with Gasteiger partial charge in [0, 0.05) is 10.4 Å². The van der Waals surface area contributed by atoms with E-state index in [0.717, 1.165) is 0 Å². The first-order valence-corrected chi connectivity index (χ1v) is 2.00. The van der Waals surface area contributed by atoms with Crippen LogP contribution in [0.2, 0.25) is 0 Å². The maximum absolute atomic E-state index is 8.52. The molecule has 0 aliphatic rings. The normalized spacial score (nSPS) is 8.29.